The molecule has 0 N–H and O–H groups in total. The minimum absolute atomic E-state index is 0.169. The fourth-order valence-electron chi connectivity index (χ4n) is 0.768. The van der Waals surface area contributed by atoms with E-state index in [9.17, 15) is 4.79 Å². The van der Waals surface area contributed by atoms with Crippen molar-refractivity contribution in [3.8, 4) is 0 Å². The molecule has 0 unspecified atom stereocenters. The van der Waals surface area contributed by atoms with Crippen LogP contribution in [0, 0.1) is 0 Å². The Bertz CT molecular complexity index is 162. The predicted octanol–water partition coefficient (Wildman–Crippen LogP) is 0.267. The molecule has 0 radical (unpaired) electrons. The zero-order chi connectivity index (χ0) is 6.85. The number of hydrogen-bond donors (Lipinski definition) is 0. The number of aliphatic imine (C=N–C) groups is 1. The van der Waals surface area contributed by atoms with Crippen molar-refractivity contribution in [3.05, 3.63) is 0 Å². The lowest BCUT2D eigenvalue weighted by molar-refractivity contribution is -0.126. The predicted molar refractivity (Wildman–Crippen MR) is 35.4 cm³/mol. The van der Waals surface area contributed by atoms with E-state index in [4.69, 9.17) is 0 Å². The first-order chi connectivity index (χ1) is 4.22. The number of amides is 1. The SMILES string of the molecule is CC1=NCCC(=O)N1C. The molecule has 0 saturated carbocycles. The van der Waals surface area contributed by atoms with Crippen LogP contribution in [-0.4, -0.2) is 30.2 Å². The second-order valence-corrected chi connectivity index (χ2v) is 2.13. The maximum absolute atomic E-state index is 10.8. The topological polar surface area (TPSA) is 32.7 Å². The minimum Gasteiger partial charge on any atom is -0.304 e. The zero-order valence-electron chi connectivity index (χ0n) is 5.72. The molecule has 0 spiro atoms. The third-order valence-electron chi connectivity index (χ3n) is 1.53. The molecular formula is C6H10N2O. The molecule has 0 aromatic rings. The fourth-order valence-corrected chi connectivity index (χ4v) is 0.768. The Kier molecular flexibility index (Phi) is 1.51. The van der Waals surface area contributed by atoms with Crippen LogP contribution in [0.3, 0.4) is 0 Å². The first-order valence-electron chi connectivity index (χ1n) is 2.99. The summed E-state index contributed by atoms with van der Waals surface area (Å²) in [6, 6.07) is 0. The maximum atomic E-state index is 10.8. The molecule has 0 atom stereocenters. The summed E-state index contributed by atoms with van der Waals surface area (Å²) in [7, 11) is 1.75. The van der Waals surface area contributed by atoms with Crippen LogP contribution in [-0.2, 0) is 4.79 Å². The van der Waals surface area contributed by atoms with Crippen LogP contribution in [0.25, 0.3) is 0 Å². The van der Waals surface area contributed by atoms with E-state index in [1.54, 1.807) is 11.9 Å². The van der Waals surface area contributed by atoms with Gasteiger partial charge < -0.3 is 4.90 Å². The Hall–Kier alpha value is -0.860. The summed E-state index contributed by atoms with van der Waals surface area (Å²) < 4.78 is 0. The average Bonchev–Trinajstić information content (AvgIpc) is 1.83. The molecule has 0 aliphatic carbocycles. The summed E-state index contributed by atoms with van der Waals surface area (Å²) >= 11 is 0. The van der Waals surface area contributed by atoms with Gasteiger partial charge in [-0.2, -0.15) is 0 Å². The van der Waals surface area contributed by atoms with E-state index in [0.717, 1.165) is 5.84 Å². The van der Waals surface area contributed by atoms with Gasteiger partial charge in [-0.05, 0) is 6.92 Å². The molecule has 9 heavy (non-hydrogen) atoms. The molecule has 3 nitrogen and oxygen atoms in total. The van der Waals surface area contributed by atoms with Gasteiger partial charge in [-0.3, -0.25) is 9.79 Å². The molecule has 0 fully saturated rings. The highest BCUT2D eigenvalue weighted by Crippen LogP contribution is 2.00. The van der Waals surface area contributed by atoms with Gasteiger partial charge in [0.2, 0.25) is 5.91 Å². The lowest BCUT2D eigenvalue weighted by Gasteiger charge is -2.19. The third-order valence-corrected chi connectivity index (χ3v) is 1.53. The van der Waals surface area contributed by atoms with Crippen LogP contribution in [0.15, 0.2) is 4.99 Å². The molecule has 0 aromatic carbocycles. The van der Waals surface area contributed by atoms with Gasteiger partial charge in [0.25, 0.3) is 0 Å². The van der Waals surface area contributed by atoms with Crippen molar-refractivity contribution in [2.75, 3.05) is 13.6 Å². The highest BCUT2D eigenvalue weighted by atomic mass is 16.2. The van der Waals surface area contributed by atoms with Crippen molar-refractivity contribution >= 4 is 11.7 Å². The van der Waals surface area contributed by atoms with E-state index in [1.165, 1.54) is 0 Å². The molecule has 0 bridgehead atoms. The zero-order valence-corrected chi connectivity index (χ0v) is 5.72. The van der Waals surface area contributed by atoms with Gasteiger partial charge in [0.15, 0.2) is 0 Å². The average molecular weight is 126 g/mol. The summed E-state index contributed by atoms with van der Waals surface area (Å²) in [5.74, 6) is 0.994. The van der Waals surface area contributed by atoms with Crippen molar-refractivity contribution in [2.24, 2.45) is 4.99 Å². The van der Waals surface area contributed by atoms with Crippen molar-refractivity contribution < 1.29 is 4.79 Å². The summed E-state index contributed by atoms with van der Waals surface area (Å²) in [6.45, 7) is 2.51. The first kappa shape index (κ1) is 6.26. The standard InChI is InChI=1S/C6H10N2O/c1-5-7-4-3-6(9)8(5)2/h3-4H2,1-2H3. The van der Waals surface area contributed by atoms with E-state index in [2.05, 4.69) is 4.99 Å². The maximum Gasteiger partial charge on any atom is 0.229 e. The van der Waals surface area contributed by atoms with Crippen LogP contribution in [0.2, 0.25) is 0 Å². The molecule has 50 valence electrons. The van der Waals surface area contributed by atoms with E-state index in [0.29, 0.717) is 13.0 Å². The van der Waals surface area contributed by atoms with E-state index < -0.39 is 0 Å². The molecular weight excluding hydrogens is 116 g/mol. The van der Waals surface area contributed by atoms with Gasteiger partial charge in [-0.1, -0.05) is 0 Å². The lowest BCUT2D eigenvalue weighted by Crippen LogP contribution is -2.35. The van der Waals surface area contributed by atoms with Crippen molar-refractivity contribution in [3.63, 3.8) is 0 Å². The highest BCUT2D eigenvalue weighted by molar-refractivity contribution is 5.98. The molecule has 1 heterocycles. The first-order valence-corrected chi connectivity index (χ1v) is 2.99. The second kappa shape index (κ2) is 2.17. The number of nitrogens with zero attached hydrogens (tertiary/aromatic N) is 2. The van der Waals surface area contributed by atoms with Crippen molar-refractivity contribution in [2.45, 2.75) is 13.3 Å². The number of hydrogen-bond acceptors (Lipinski definition) is 2. The Labute approximate surface area is 54.4 Å². The molecule has 1 aliphatic rings. The van der Waals surface area contributed by atoms with Gasteiger partial charge in [0.1, 0.15) is 5.84 Å². The van der Waals surface area contributed by atoms with Gasteiger partial charge in [0.05, 0.1) is 0 Å². The number of carbonyl (C=O) groups excluding carboxylic acids is 1. The molecule has 0 aromatic heterocycles. The number of rotatable bonds is 0. The van der Waals surface area contributed by atoms with Gasteiger partial charge in [0, 0.05) is 20.0 Å². The van der Waals surface area contributed by atoms with E-state index in [1.807, 2.05) is 6.92 Å². The molecule has 1 aliphatic heterocycles. The van der Waals surface area contributed by atoms with Crippen LogP contribution in [0.4, 0.5) is 0 Å². The Morgan fingerprint density at radius 3 is 2.78 bits per heavy atom. The van der Waals surface area contributed by atoms with Gasteiger partial charge in [-0.15, -0.1) is 0 Å². The summed E-state index contributed by atoms with van der Waals surface area (Å²) in [6.07, 6.45) is 0.563. The van der Waals surface area contributed by atoms with Gasteiger partial charge in [-0.25, -0.2) is 0 Å². The summed E-state index contributed by atoms with van der Waals surface area (Å²) in [5.41, 5.74) is 0. The monoisotopic (exact) mass is 126 g/mol. The molecule has 0 saturated heterocycles. The van der Waals surface area contributed by atoms with E-state index in [-0.39, 0.29) is 5.91 Å². The minimum atomic E-state index is 0.169. The summed E-state index contributed by atoms with van der Waals surface area (Å²) in [5, 5.41) is 0. The Morgan fingerprint density at radius 1 is 1.67 bits per heavy atom. The smallest absolute Gasteiger partial charge is 0.229 e. The number of carbonyl (C=O) groups is 1. The summed E-state index contributed by atoms with van der Waals surface area (Å²) in [4.78, 5) is 16.5. The largest absolute Gasteiger partial charge is 0.304 e. The molecule has 1 amide bonds. The van der Waals surface area contributed by atoms with Gasteiger partial charge >= 0.3 is 0 Å². The Morgan fingerprint density at radius 2 is 2.33 bits per heavy atom. The fraction of sp³-hybridized carbons (Fsp3) is 0.667. The quantitative estimate of drug-likeness (QED) is 0.458. The van der Waals surface area contributed by atoms with Crippen molar-refractivity contribution in [1.82, 2.24) is 4.90 Å². The third kappa shape index (κ3) is 1.09. The highest BCUT2D eigenvalue weighted by Gasteiger charge is 2.14. The Balaban J connectivity index is 2.74. The normalized spacial score (nSPS) is 20.0. The molecule has 3 heteroatoms. The lowest BCUT2D eigenvalue weighted by atomic mass is 10.3. The van der Waals surface area contributed by atoms with Crippen LogP contribution < -0.4 is 0 Å². The van der Waals surface area contributed by atoms with Crippen LogP contribution in [0.1, 0.15) is 13.3 Å². The number of amidine groups is 1. The second-order valence-electron chi connectivity index (χ2n) is 2.13. The van der Waals surface area contributed by atoms with Crippen LogP contribution >= 0.6 is 0 Å². The van der Waals surface area contributed by atoms with Crippen molar-refractivity contribution in [1.29, 1.82) is 0 Å². The van der Waals surface area contributed by atoms with Crippen LogP contribution in [0.5, 0.6) is 0 Å². The van der Waals surface area contributed by atoms with E-state index >= 15 is 0 Å². The molecule has 1 rings (SSSR count).